The van der Waals surface area contributed by atoms with Crippen LogP contribution in [0.25, 0.3) is 21.8 Å². The molecule has 29 heavy (non-hydrogen) atoms. The van der Waals surface area contributed by atoms with Gasteiger partial charge in [0, 0.05) is 34.6 Å². The van der Waals surface area contributed by atoms with Crippen LogP contribution >= 0.6 is 11.3 Å². The highest BCUT2D eigenvalue weighted by molar-refractivity contribution is 7.13. The second-order valence-corrected chi connectivity index (χ2v) is 7.37. The quantitative estimate of drug-likeness (QED) is 0.482. The van der Waals surface area contributed by atoms with Crippen molar-refractivity contribution in [1.82, 2.24) is 9.97 Å². The lowest BCUT2D eigenvalue weighted by atomic mass is 10.1. The van der Waals surface area contributed by atoms with Crippen LogP contribution in [0, 0.1) is 6.92 Å². The lowest BCUT2D eigenvalue weighted by Gasteiger charge is -2.08. The van der Waals surface area contributed by atoms with Crippen LogP contribution in [0.5, 0.6) is 5.75 Å². The molecule has 2 heterocycles. The molecule has 6 heteroatoms. The molecule has 1 N–H and O–H groups in total. The Morgan fingerprint density at radius 3 is 2.69 bits per heavy atom. The monoisotopic (exact) mass is 401 g/mol. The fourth-order valence-corrected chi connectivity index (χ4v) is 3.58. The number of nitrogens with one attached hydrogen (secondary N) is 1. The van der Waals surface area contributed by atoms with Gasteiger partial charge in [-0.15, -0.1) is 11.3 Å². The molecule has 1 amide bonds. The van der Waals surface area contributed by atoms with Crippen molar-refractivity contribution < 1.29 is 9.53 Å². The number of thiazole rings is 1. The first-order valence-corrected chi connectivity index (χ1v) is 10.0. The molecule has 0 spiro atoms. The summed E-state index contributed by atoms with van der Waals surface area (Å²) in [6.45, 7) is 1.96. The first-order valence-electron chi connectivity index (χ1n) is 9.13. The molecule has 2 aromatic heterocycles. The first-order chi connectivity index (χ1) is 14.2. The van der Waals surface area contributed by atoms with E-state index in [1.54, 1.807) is 23.7 Å². The zero-order valence-corrected chi connectivity index (χ0v) is 16.6. The molecule has 0 aliphatic rings. The van der Waals surface area contributed by atoms with Gasteiger partial charge >= 0.3 is 0 Å². The summed E-state index contributed by atoms with van der Waals surface area (Å²) in [6, 6.07) is 19.1. The van der Waals surface area contributed by atoms with E-state index in [1.165, 1.54) is 0 Å². The standard InChI is InChI=1S/C23H19N3O2S/c1-16-7-9-20(10-8-16)28-14-22(27)25-19-6-2-4-17(12-19)21-15-29-23(26-21)18-5-3-11-24-13-18/h2-13,15H,14H2,1H3,(H,25,27). The fraction of sp³-hybridized carbons (Fsp3) is 0.0870. The second-order valence-electron chi connectivity index (χ2n) is 6.51. The number of ether oxygens (including phenoxy) is 1. The molecule has 0 radical (unpaired) electrons. The fourth-order valence-electron chi connectivity index (χ4n) is 2.76. The van der Waals surface area contributed by atoms with E-state index < -0.39 is 0 Å². The van der Waals surface area contributed by atoms with E-state index in [9.17, 15) is 4.79 Å². The number of pyridine rings is 1. The normalized spacial score (nSPS) is 10.5. The number of carbonyl (C=O) groups is 1. The van der Waals surface area contributed by atoms with Crippen LogP contribution in [0.15, 0.2) is 78.4 Å². The molecule has 0 atom stereocenters. The van der Waals surface area contributed by atoms with E-state index in [0.29, 0.717) is 11.4 Å². The van der Waals surface area contributed by atoms with Gasteiger partial charge in [-0.05, 0) is 43.3 Å². The van der Waals surface area contributed by atoms with Gasteiger partial charge in [0.25, 0.3) is 5.91 Å². The maximum Gasteiger partial charge on any atom is 0.262 e. The number of benzene rings is 2. The van der Waals surface area contributed by atoms with Gasteiger partial charge in [0.2, 0.25) is 0 Å². The van der Waals surface area contributed by atoms with Gasteiger partial charge in [0.15, 0.2) is 6.61 Å². The summed E-state index contributed by atoms with van der Waals surface area (Å²) in [4.78, 5) is 21.1. The highest BCUT2D eigenvalue weighted by Gasteiger charge is 2.09. The van der Waals surface area contributed by atoms with Crippen molar-refractivity contribution in [2.24, 2.45) is 0 Å². The summed E-state index contributed by atoms with van der Waals surface area (Å²) in [5.74, 6) is 0.460. The minimum Gasteiger partial charge on any atom is -0.484 e. The van der Waals surface area contributed by atoms with Crippen molar-refractivity contribution in [3.05, 3.63) is 84.0 Å². The Hall–Kier alpha value is -3.51. The Kier molecular flexibility index (Phi) is 5.63. The van der Waals surface area contributed by atoms with Crippen LogP contribution in [-0.2, 0) is 4.79 Å². The van der Waals surface area contributed by atoms with Crippen LogP contribution < -0.4 is 10.1 Å². The maximum absolute atomic E-state index is 12.2. The van der Waals surface area contributed by atoms with Crippen molar-refractivity contribution in [2.75, 3.05) is 11.9 Å². The summed E-state index contributed by atoms with van der Waals surface area (Å²) in [7, 11) is 0. The number of aromatic nitrogens is 2. The molecule has 144 valence electrons. The van der Waals surface area contributed by atoms with E-state index in [-0.39, 0.29) is 12.5 Å². The number of rotatable bonds is 6. The van der Waals surface area contributed by atoms with Crippen LogP contribution in [0.4, 0.5) is 5.69 Å². The molecule has 5 nitrogen and oxygen atoms in total. The lowest BCUT2D eigenvalue weighted by molar-refractivity contribution is -0.118. The number of aryl methyl sites for hydroxylation is 1. The molecule has 4 rings (SSSR count). The SMILES string of the molecule is Cc1ccc(OCC(=O)Nc2cccc(-c3csc(-c4cccnc4)n3)c2)cc1. The highest BCUT2D eigenvalue weighted by atomic mass is 32.1. The highest BCUT2D eigenvalue weighted by Crippen LogP contribution is 2.29. The van der Waals surface area contributed by atoms with Crippen molar-refractivity contribution in [3.8, 4) is 27.6 Å². The molecule has 0 saturated carbocycles. The summed E-state index contributed by atoms with van der Waals surface area (Å²) in [5, 5.41) is 5.79. The Balaban J connectivity index is 1.41. The summed E-state index contributed by atoms with van der Waals surface area (Å²) >= 11 is 1.57. The predicted molar refractivity (Wildman–Crippen MR) is 116 cm³/mol. The van der Waals surface area contributed by atoms with Gasteiger partial charge in [0.1, 0.15) is 10.8 Å². The summed E-state index contributed by atoms with van der Waals surface area (Å²) < 4.78 is 5.53. The summed E-state index contributed by atoms with van der Waals surface area (Å²) in [6.07, 6.45) is 3.54. The van der Waals surface area contributed by atoms with Crippen molar-refractivity contribution in [3.63, 3.8) is 0 Å². The van der Waals surface area contributed by atoms with Crippen molar-refractivity contribution in [2.45, 2.75) is 6.92 Å². The minimum absolute atomic E-state index is 0.0465. The average molecular weight is 401 g/mol. The predicted octanol–water partition coefficient (Wildman–Crippen LogP) is 5.20. The molecule has 0 aliphatic carbocycles. The number of hydrogen-bond acceptors (Lipinski definition) is 5. The van der Waals surface area contributed by atoms with Gasteiger partial charge in [0.05, 0.1) is 5.69 Å². The van der Waals surface area contributed by atoms with Gasteiger partial charge in [-0.3, -0.25) is 9.78 Å². The lowest BCUT2D eigenvalue weighted by Crippen LogP contribution is -2.20. The third-order valence-electron chi connectivity index (χ3n) is 4.25. The number of amides is 1. The van der Waals surface area contributed by atoms with E-state index in [0.717, 1.165) is 27.4 Å². The van der Waals surface area contributed by atoms with Gasteiger partial charge < -0.3 is 10.1 Å². The van der Waals surface area contributed by atoms with Crippen LogP contribution in [0.2, 0.25) is 0 Å². The Morgan fingerprint density at radius 1 is 1.07 bits per heavy atom. The zero-order valence-electron chi connectivity index (χ0n) is 15.8. The van der Waals surface area contributed by atoms with Gasteiger partial charge in [-0.25, -0.2) is 4.98 Å². The van der Waals surface area contributed by atoms with Crippen molar-refractivity contribution >= 4 is 22.9 Å². The largest absolute Gasteiger partial charge is 0.484 e. The molecular weight excluding hydrogens is 382 g/mol. The molecule has 0 fully saturated rings. The Bertz CT molecular complexity index is 1110. The van der Waals surface area contributed by atoms with E-state index >= 15 is 0 Å². The number of nitrogens with zero attached hydrogens (tertiary/aromatic N) is 2. The topological polar surface area (TPSA) is 64.1 Å². The minimum atomic E-state index is -0.211. The molecule has 2 aromatic carbocycles. The third kappa shape index (κ3) is 4.86. The Labute approximate surface area is 173 Å². The van der Waals surface area contributed by atoms with E-state index in [1.807, 2.05) is 73.0 Å². The van der Waals surface area contributed by atoms with Crippen molar-refractivity contribution in [1.29, 1.82) is 0 Å². The molecule has 4 aromatic rings. The van der Waals surface area contributed by atoms with E-state index in [4.69, 9.17) is 9.72 Å². The summed E-state index contributed by atoms with van der Waals surface area (Å²) in [5.41, 5.74) is 4.64. The van der Waals surface area contributed by atoms with Crippen LogP contribution in [0.3, 0.4) is 0 Å². The molecule has 0 bridgehead atoms. The molecule has 0 aliphatic heterocycles. The smallest absolute Gasteiger partial charge is 0.262 e. The third-order valence-corrected chi connectivity index (χ3v) is 5.14. The van der Waals surface area contributed by atoms with Crippen LogP contribution in [0.1, 0.15) is 5.56 Å². The van der Waals surface area contributed by atoms with Gasteiger partial charge in [-0.2, -0.15) is 0 Å². The average Bonchev–Trinajstić information content (AvgIpc) is 3.25. The number of hydrogen-bond donors (Lipinski definition) is 1. The zero-order chi connectivity index (χ0) is 20.1. The second kappa shape index (κ2) is 8.67. The number of anilines is 1. The van der Waals surface area contributed by atoms with Crippen LogP contribution in [-0.4, -0.2) is 22.5 Å². The maximum atomic E-state index is 12.2. The molecule has 0 unspecified atom stereocenters. The Morgan fingerprint density at radius 2 is 1.90 bits per heavy atom. The number of carbonyl (C=O) groups excluding carboxylic acids is 1. The van der Waals surface area contributed by atoms with E-state index in [2.05, 4.69) is 10.3 Å². The molecular formula is C23H19N3O2S. The molecule has 0 saturated heterocycles. The first kappa shape index (κ1) is 18.8. The van der Waals surface area contributed by atoms with Gasteiger partial charge in [-0.1, -0.05) is 29.8 Å².